The van der Waals surface area contributed by atoms with Gasteiger partial charge in [0, 0.05) is 13.2 Å². The molecule has 2 aromatic heterocycles. The van der Waals surface area contributed by atoms with Gasteiger partial charge in [0.05, 0.1) is 18.5 Å². The summed E-state index contributed by atoms with van der Waals surface area (Å²) in [6.45, 7) is -0.454. The topological polar surface area (TPSA) is 213 Å². The summed E-state index contributed by atoms with van der Waals surface area (Å²) in [6.07, 6.45) is -1.00. The van der Waals surface area contributed by atoms with Crippen molar-refractivity contribution in [3.63, 3.8) is 0 Å². The molecule has 18 heteroatoms. The maximum Gasteiger partial charge on any atom is 0.333 e. The lowest BCUT2D eigenvalue weighted by atomic mass is 10.1. The SMILES string of the molecule is COCC(OCC1OC(c2cnc3c(NC4CCCC4)nc(Cl)nn23)C(O)C1O)O/[P+]([O-])=C/CP(=O)(O)O. The molecule has 1 aliphatic carbocycles. The van der Waals surface area contributed by atoms with Crippen molar-refractivity contribution in [2.24, 2.45) is 0 Å². The summed E-state index contributed by atoms with van der Waals surface area (Å²) in [5, 5.41) is 28.9. The van der Waals surface area contributed by atoms with E-state index in [1.165, 1.54) is 17.8 Å². The van der Waals surface area contributed by atoms with Crippen molar-refractivity contribution in [1.29, 1.82) is 0 Å². The van der Waals surface area contributed by atoms with Crippen LogP contribution in [0.1, 0.15) is 37.5 Å². The molecule has 212 valence electrons. The minimum atomic E-state index is -4.39. The van der Waals surface area contributed by atoms with Crippen LogP contribution in [0.5, 0.6) is 0 Å². The lowest BCUT2D eigenvalue weighted by molar-refractivity contribution is -0.204. The van der Waals surface area contributed by atoms with E-state index in [9.17, 15) is 19.7 Å². The molecule has 0 spiro atoms. The molecule has 1 saturated heterocycles. The predicted molar refractivity (Wildman–Crippen MR) is 134 cm³/mol. The van der Waals surface area contributed by atoms with E-state index in [2.05, 4.69) is 20.4 Å². The summed E-state index contributed by atoms with van der Waals surface area (Å²) in [5.41, 5.74) is 0.734. The van der Waals surface area contributed by atoms with Crippen molar-refractivity contribution in [1.82, 2.24) is 19.6 Å². The highest BCUT2D eigenvalue weighted by Gasteiger charge is 2.45. The van der Waals surface area contributed by atoms with Crippen LogP contribution in [0.2, 0.25) is 5.28 Å². The van der Waals surface area contributed by atoms with E-state index in [1.54, 1.807) is 0 Å². The maximum absolute atomic E-state index is 12.0. The second kappa shape index (κ2) is 12.9. The van der Waals surface area contributed by atoms with Gasteiger partial charge in [0.15, 0.2) is 11.5 Å². The number of anilines is 1. The van der Waals surface area contributed by atoms with Gasteiger partial charge in [-0.05, 0) is 24.4 Å². The van der Waals surface area contributed by atoms with Crippen LogP contribution in [0, 0.1) is 0 Å². The van der Waals surface area contributed by atoms with Crippen molar-refractivity contribution in [3.05, 3.63) is 17.2 Å². The van der Waals surface area contributed by atoms with Crippen LogP contribution in [0.25, 0.3) is 5.65 Å². The molecular formula is C20H30ClN5O10P2. The summed E-state index contributed by atoms with van der Waals surface area (Å²) in [7, 11) is -5.62. The molecule has 2 aromatic rings. The minimum absolute atomic E-state index is 0.0330. The smallest absolute Gasteiger partial charge is 0.333 e. The number of nitrogens with zero attached hydrogens (tertiary/aromatic N) is 4. The molecule has 6 unspecified atom stereocenters. The van der Waals surface area contributed by atoms with Crippen molar-refractivity contribution < 1.29 is 48.2 Å². The first-order valence-electron chi connectivity index (χ1n) is 11.9. The molecule has 5 N–H and O–H groups in total. The summed E-state index contributed by atoms with van der Waals surface area (Å²) < 4.78 is 33.9. The van der Waals surface area contributed by atoms with Gasteiger partial charge < -0.3 is 44.4 Å². The van der Waals surface area contributed by atoms with Crippen molar-refractivity contribution in [2.75, 3.05) is 31.8 Å². The van der Waals surface area contributed by atoms with Crippen LogP contribution < -0.4 is 10.2 Å². The Bertz CT molecular complexity index is 1180. The van der Waals surface area contributed by atoms with Gasteiger partial charge in [0.1, 0.15) is 43.0 Å². The number of ether oxygens (including phenoxy) is 3. The number of nitrogens with one attached hydrogen (secondary N) is 1. The summed E-state index contributed by atoms with van der Waals surface area (Å²) >= 11 is 6.16. The van der Waals surface area contributed by atoms with E-state index in [0.717, 1.165) is 31.5 Å². The third-order valence-electron chi connectivity index (χ3n) is 6.15. The first-order chi connectivity index (χ1) is 18.1. The Balaban J connectivity index is 1.44. The lowest BCUT2D eigenvalue weighted by Gasteiger charge is -2.19. The Hall–Kier alpha value is -1.32. The predicted octanol–water partition coefficient (Wildman–Crippen LogP) is -0.0483. The van der Waals surface area contributed by atoms with E-state index in [-0.39, 0.29) is 24.5 Å². The van der Waals surface area contributed by atoms with Gasteiger partial charge in [0.2, 0.25) is 19.6 Å². The fourth-order valence-electron chi connectivity index (χ4n) is 4.34. The average molecular weight is 598 g/mol. The number of aliphatic hydroxyl groups excluding tert-OH is 2. The molecule has 1 saturated carbocycles. The Labute approximate surface area is 223 Å². The molecule has 0 bridgehead atoms. The monoisotopic (exact) mass is 597 g/mol. The summed E-state index contributed by atoms with van der Waals surface area (Å²) in [6, 6.07) is 0.244. The van der Waals surface area contributed by atoms with Crippen LogP contribution >= 0.6 is 27.2 Å². The summed E-state index contributed by atoms with van der Waals surface area (Å²) in [4.78, 5) is 38.5. The number of halogens is 1. The fraction of sp³-hybridized carbons (Fsp3) is 0.700. The molecule has 2 fully saturated rings. The Morgan fingerprint density at radius 1 is 1.37 bits per heavy atom. The first-order valence-corrected chi connectivity index (χ1v) is 15.3. The van der Waals surface area contributed by atoms with Gasteiger partial charge in [-0.1, -0.05) is 12.8 Å². The highest BCUT2D eigenvalue weighted by molar-refractivity contribution is 7.55. The molecule has 15 nitrogen and oxygen atoms in total. The Morgan fingerprint density at radius 2 is 2.11 bits per heavy atom. The zero-order chi connectivity index (χ0) is 27.4. The molecule has 4 rings (SSSR count). The maximum atomic E-state index is 12.0. The average Bonchev–Trinajstić information content (AvgIpc) is 3.57. The molecule has 38 heavy (non-hydrogen) atoms. The first kappa shape index (κ1) is 29.7. The number of aliphatic hydroxyl groups is 2. The van der Waals surface area contributed by atoms with E-state index >= 15 is 0 Å². The summed E-state index contributed by atoms with van der Waals surface area (Å²) in [5.74, 6) is 1.30. The number of aromatic nitrogens is 4. The van der Waals surface area contributed by atoms with Gasteiger partial charge >= 0.3 is 7.60 Å². The van der Waals surface area contributed by atoms with Crippen LogP contribution in [0.3, 0.4) is 0 Å². The van der Waals surface area contributed by atoms with E-state index in [1.807, 2.05) is 0 Å². The Morgan fingerprint density at radius 3 is 2.79 bits per heavy atom. The zero-order valence-corrected chi connectivity index (χ0v) is 22.9. The third-order valence-corrected chi connectivity index (χ3v) is 8.18. The van der Waals surface area contributed by atoms with E-state index in [0.29, 0.717) is 17.2 Å². The van der Waals surface area contributed by atoms with E-state index in [4.69, 9.17) is 40.1 Å². The second-order valence-corrected chi connectivity index (χ2v) is 12.2. The molecule has 0 radical (unpaired) electrons. The third kappa shape index (κ3) is 7.45. The number of imidazole rings is 1. The molecule has 0 aromatic carbocycles. The number of hydrogen-bond acceptors (Lipinski definition) is 12. The van der Waals surface area contributed by atoms with Gasteiger partial charge in [0.25, 0.3) is 0 Å². The number of methoxy groups -OCH3 is 1. The van der Waals surface area contributed by atoms with Gasteiger partial charge in [-0.25, -0.2) is 9.50 Å². The van der Waals surface area contributed by atoms with Gasteiger partial charge in [-0.15, -0.1) is 9.62 Å². The van der Waals surface area contributed by atoms with E-state index < -0.39 is 52.5 Å². The molecule has 0 amide bonds. The molecule has 2 aliphatic rings. The van der Waals surface area contributed by atoms with Crippen molar-refractivity contribution >= 4 is 44.5 Å². The highest BCUT2D eigenvalue weighted by atomic mass is 35.5. The van der Waals surface area contributed by atoms with Gasteiger partial charge in [-0.2, -0.15) is 4.98 Å². The quantitative estimate of drug-likeness (QED) is 0.160. The lowest BCUT2D eigenvalue weighted by Crippen LogP contribution is -2.35. The van der Waals surface area contributed by atoms with Crippen LogP contribution in [0.15, 0.2) is 6.20 Å². The molecule has 6 atom stereocenters. The molecule has 1 aliphatic heterocycles. The Kier molecular flexibility index (Phi) is 10.1. The van der Waals surface area contributed by atoms with Crippen LogP contribution in [-0.2, 0) is 23.3 Å². The standard InChI is InChI=1S/C20H30ClN5O10P2/c1-33-10-14(36-37(29)6-7-38(30,31)32)34-9-13-15(27)16(28)17(35-13)12-8-22-19-18(23-11-4-2-3-5-11)24-20(21)25-26(12)19/h6,8,11,13-17,27-28H,2-5,7,9-10H2,1H3,(H,23,24,25)(H2,30,31,32). The zero-order valence-electron chi connectivity index (χ0n) is 20.4. The number of rotatable bonds is 12. The van der Waals surface area contributed by atoms with Gasteiger partial charge in [-0.3, -0.25) is 4.57 Å². The van der Waals surface area contributed by atoms with Crippen LogP contribution in [-0.4, -0.2) is 103 Å². The molecular weight excluding hydrogens is 568 g/mol. The van der Waals surface area contributed by atoms with Crippen molar-refractivity contribution in [2.45, 2.75) is 62.4 Å². The second-order valence-electron chi connectivity index (χ2n) is 8.99. The number of hydrogen-bond donors (Lipinski definition) is 5. The number of fused-ring (bicyclic) bond motifs is 1. The highest BCUT2D eigenvalue weighted by Crippen LogP contribution is 2.36. The van der Waals surface area contributed by atoms with Crippen molar-refractivity contribution in [3.8, 4) is 0 Å². The molecule has 3 heterocycles. The normalized spacial score (nSPS) is 25.9. The largest absolute Gasteiger partial charge is 0.603 e. The minimum Gasteiger partial charge on any atom is -0.603 e. The fourth-order valence-corrected chi connectivity index (χ4v) is 6.32. The van der Waals surface area contributed by atoms with Crippen LogP contribution in [0.4, 0.5) is 5.82 Å².